The second kappa shape index (κ2) is 7.66. The first-order valence-corrected chi connectivity index (χ1v) is 5.91. The third-order valence-corrected chi connectivity index (χ3v) is 2.48. The summed E-state index contributed by atoms with van der Waals surface area (Å²) in [5.41, 5.74) is -0.162. The van der Waals surface area contributed by atoms with E-state index >= 15 is 0 Å². The van der Waals surface area contributed by atoms with E-state index in [-0.39, 0.29) is 17.9 Å². The Balaban J connectivity index is 2.44. The van der Waals surface area contributed by atoms with Crippen LogP contribution in [0.2, 0.25) is 0 Å². The number of carboxylic acids is 1. The summed E-state index contributed by atoms with van der Waals surface area (Å²) in [5, 5.41) is 17.5. The van der Waals surface area contributed by atoms with E-state index in [1.807, 2.05) is 0 Å². The predicted octanol–water partition coefficient (Wildman–Crippen LogP) is 2.46. The molecular formula is C13H17FO4. The van der Waals surface area contributed by atoms with E-state index < -0.39 is 11.8 Å². The molecule has 0 unspecified atom stereocenters. The lowest BCUT2D eigenvalue weighted by Gasteiger charge is -2.08. The molecule has 0 atom stereocenters. The van der Waals surface area contributed by atoms with Gasteiger partial charge in [0.1, 0.15) is 17.1 Å². The average Bonchev–Trinajstić information content (AvgIpc) is 2.35. The van der Waals surface area contributed by atoms with E-state index in [9.17, 15) is 9.18 Å². The summed E-state index contributed by atoms with van der Waals surface area (Å²) in [5.74, 6) is -1.61. The van der Waals surface area contributed by atoms with E-state index in [1.54, 1.807) is 0 Å². The normalized spacial score (nSPS) is 10.3. The Hall–Kier alpha value is -1.62. The second-order valence-corrected chi connectivity index (χ2v) is 3.93. The number of carbonyl (C=O) groups is 1. The van der Waals surface area contributed by atoms with Crippen LogP contribution in [0.1, 0.15) is 36.0 Å². The Morgan fingerprint density at radius 1 is 1.22 bits per heavy atom. The van der Waals surface area contributed by atoms with Gasteiger partial charge in [-0.2, -0.15) is 0 Å². The molecule has 0 amide bonds. The monoisotopic (exact) mass is 256 g/mol. The fourth-order valence-corrected chi connectivity index (χ4v) is 1.54. The molecule has 2 N–H and O–H groups in total. The Labute approximate surface area is 105 Å². The number of unbranched alkanes of at least 4 members (excludes halogenated alkanes) is 3. The zero-order chi connectivity index (χ0) is 13.4. The molecule has 0 aliphatic heterocycles. The molecule has 0 spiro atoms. The summed E-state index contributed by atoms with van der Waals surface area (Å²) in [6, 6.07) is 3.45. The Morgan fingerprint density at radius 2 is 1.94 bits per heavy atom. The zero-order valence-electron chi connectivity index (χ0n) is 10.1. The molecule has 0 radical (unpaired) electrons. The SMILES string of the molecule is O=C(O)c1cc(F)ccc1OCCCCCCO. The van der Waals surface area contributed by atoms with Crippen molar-refractivity contribution >= 4 is 5.97 Å². The van der Waals surface area contributed by atoms with Crippen LogP contribution < -0.4 is 4.74 Å². The molecular weight excluding hydrogens is 239 g/mol. The maximum absolute atomic E-state index is 12.9. The summed E-state index contributed by atoms with van der Waals surface area (Å²) in [6.07, 6.45) is 3.35. The molecule has 0 saturated heterocycles. The highest BCUT2D eigenvalue weighted by Gasteiger charge is 2.12. The number of aliphatic hydroxyl groups is 1. The van der Waals surface area contributed by atoms with Crippen LogP contribution in [0.15, 0.2) is 18.2 Å². The molecule has 0 aliphatic carbocycles. The van der Waals surface area contributed by atoms with Crippen LogP contribution in [0.4, 0.5) is 4.39 Å². The van der Waals surface area contributed by atoms with Crippen molar-refractivity contribution in [3.05, 3.63) is 29.6 Å². The van der Waals surface area contributed by atoms with Gasteiger partial charge in [-0.3, -0.25) is 0 Å². The quantitative estimate of drug-likeness (QED) is 0.701. The molecule has 1 aromatic carbocycles. The standard InChI is InChI=1S/C13H17FO4/c14-10-5-6-12(11(9-10)13(16)17)18-8-4-2-1-3-7-15/h5-6,9,15H,1-4,7-8H2,(H,16,17). The van der Waals surface area contributed by atoms with Gasteiger partial charge in [0, 0.05) is 6.61 Å². The summed E-state index contributed by atoms with van der Waals surface area (Å²) < 4.78 is 18.2. The molecule has 18 heavy (non-hydrogen) atoms. The number of rotatable bonds is 8. The van der Waals surface area contributed by atoms with Crippen molar-refractivity contribution in [3.63, 3.8) is 0 Å². The van der Waals surface area contributed by atoms with Crippen LogP contribution >= 0.6 is 0 Å². The first-order chi connectivity index (χ1) is 8.65. The molecule has 1 aromatic rings. The number of benzene rings is 1. The van der Waals surface area contributed by atoms with Gasteiger partial charge < -0.3 is 14.9 Å². The van der Waals surface area contributed by atoms with E-state index in [0.717, 1.165) is 31.7 Å². The largest absolute Gasteiger partial charge is 0.493 e. The van der Waals surface area contributed by atoms with Crippen molar-refractivity contribution < 1.29 is 24.1 Å². The van der Waals surface area contributed by atoms with Crippen LogP contribution in [0.25, 0.3) is 0 Å². The van der Waals surface area contributed by atoms with Gasteiger partial charge in [-0.05, 0) is 37.5 Å². The first-order valence-electron chi connectivity index (χ1n) is 5.91. The lowest BCUT2D eigenvalue weighted by atomic mass is 10.2. The molecule has 1 rings (SSSR count). The Kier molecular flexibility index (Phi) is 6.14. The lowest BCUT2D eigenvalue weighted by molar-refractivity contribution is 0.0691. The molecule has 100 valence electrons. The van der Waals surface area contributed by atoms with Crippen LogP contribution in [-0.4, -0.2) is 29.4 Å². The molecule has 0 aromatic heterocycles. The smallest absolute Gasteiger partial charge is 0.339 e. The van der Waals surface area contributed by atoms with Gasteiger partial charge in [-0.15, -0.1) is 0 Å². The van der Waals surface area contributed by atoms with Gasteiger partial charge in [0.25, 0.3) is 0 Å². The van der Waals surface area contributed by atoms with Crippen LogP contribution in [0.5, 0.6) is 5.75 Å². The van der Waals surface area contributed by atoms with E-state index in [2.05, 4.69) is 0 Å². The highest BCUT2D eigenvalue weighted by atomic mass is 19.1. The zero-order valence-corrected chi connectivity index (χ0v) is 10.1. The average molecular weight is 256 g/mol. The summed E-state index contributed by atoms with van der Waals surface area (Å²) in [7, 11) is 0. The summed E-state index contributed by atoms with van der Waals surface area (Å²) >= 11 is 0. The van der Waals surface area contributed by atoms with Crippen molar-refractivity contribution in [2.45, 2.75) is 25.7 Å². The first kappa shape index (κ1) is 14.4. The minimum atomic E-state index is -1.20. The molecule has 0 bridgehead atoms. The van der Waals surface area contributed by atoms with E-state index in [1.165, 1.54) is 12.1 Å². The number of hydrogen-bond donors (Lipinski definition) is 2. The Bertz CT molecular complexity index is 393. The maximum atomic E-state index is 12.9. The van der Waals surface area contributed by atoms with Gasteiger partial charge in [0.2, 0.25) is 0 Å². The fourth-order valence-electron chi connectivity index (χ4n) is 1.54. The van der Waals surface area contributed by atoms with Gasteiger partial charge in [0.05, 0.1) is 6.61 Å². The molecule has 0 heterocycles. The molecule has 4 nitrogen and oxygen atoms in total. The van der Waals surface area contributed by atoms with Crippen LogP contribution in [-0.2, 0) is 0 Å². The number of aliphatic hydroxyl groups excluding tert-OH is 1. The Morgan fingerprint density at radius 3 is 2.61 bits per heavy atom. The topological polar surface area (TPSA) is 66.8 Å². The predicted molar refractivity (Wildman–Crippen MR) is 64.4 cm³/mol. The third kappa shape index (κ3) is 4.71. The van der Waals surface area contributed by atoms with Crippen molar-refractivity contribution in [3.8, 4) is 5.75 Å². The van der Waals surface area contributed by atoms with Crippen LogP contribution in [0.3, 0.4) is 0 Å². The van der Waals surface area contributed by atoms with Gasteiger partial charge >= 0.3 is 5.97 Å². The van der Waals surface area contributed by atoms with Gasteiger partial charge in [-0.1, -0.05) is 6.42 Å². The summed E-state index contributed by atoms with van der Waals surface area (Å²) in [4.78, 5) is 10.9. The number of ether oxygens (including phenoxy) is 1. The number of carboxylic acid groups (broad SMARTS) is 1. The van der Waals surface area contributed by atoms with Gasteiger partial charge in [-0.25, -0.2) is 9.18 Å². The molecule has 0 fully saturated rings. The van der Waals surface area contributed by atoms with Crippen molar-refractivity contribution in [2.75, 3.05) is 13.2 Å². The van der Waals surface area contributed by atoms with Crippen molar-refractivity contribution in [1.82, 2.24) is 0 Å². The van der Waals surface area contributed by atoms with E-state index in [4.69, 9.17) is 14.9 Å². The third-order valence-electron chi connectivity index (χ3n) is 2.48. The number of aromatic carboxylic acids is 1. The second-order valence-electron chi connectivity index (χ2n) is 3.93. The fraction of sp³-hybridized carbons (Fsp3) is 0.462. The van der Waals surface area contributed by atoms with Gasteiger partial charge in [0.15, 0.2) is 0 Å². The highest BCUT2D eigenvalue weighted by Crippen LogP contribution is 2.20. The number of hydrogen-bond acceptors (Lipinski definition) is 3. The van der Waals surface area contributed by atoms with E-state index in [0.29, 0.717) is 6.61 Å². The molecule has 0 aliphatic rings. The molecule has 0 saturated carbocycles. The minimum absolute atomic E-state index is 0.162. The number of halogens is 1. The van der Waals surface area contributed by atoms with Crippen LogP contribution in [0, 0.1) is 5.82 Å². The van der Waals surface area contributed by atoms with Crippen molar-refractivity contribution in [1.29, 1.82) is 0 Å². The minimum Gasteiger partial charge on any atom is -0.493 e. The molecule has 5 heteroatoms. The lowest BCUT2D eigenvalue weighted by Crippen LogP contribution is -2.05. The summed E-state index contributed by atoms with van der Waals surface area (Å²) in [6.45, 7) is 0.569. The van der Waals surface area contributed by atoms with Crippen molar-refractivity contribution in [2.24, 2.45) is 0 Å². The highest BCUT2D eigenvalue weighted by molar-refractivity contribution is 5.90. The maximum Gasteiger partial charge on any atom is 0.339 e.